The summed E-state index contributed by atoms with van der Waals surface area (Å²) in [5, 5.41) is 0. The predicted octanol–water partition coefficient (Wildman–Crippen LogP) is 2.22. The van der Waals surface area contributed by atoms with Gasteiger partial charge < -0.3 is 4.74 Å². The largest absolute Gasteiger partial charge is 0.497 e. The van der Waals surface area contributed by atoms with Gasteiger partial charge in [0.2, 0.25) is 10.0 Å². The van der Waals surface area contributed by atoms with Crippen LogP contribution >= 0.6 is 0 Å². The molecule has 1 N–H and O–H groups in total. The van der Waals surface area contributed by atoms with Crippen LogP contribution in [0.1, 0.15) is 27.7 Å². The number of Topliss-reactive ketones (excluding diaryl/α,β-unsaturated/α-hetero) is 1. The lowest BCUT2D eigenvalue weighted by molar-refractivity contribution is -0.124. The van der Waals surface area contributed by atoms with E-state index in [4.69, 9.17) is 4.74 Å². The molecule has 5 nitrogen and oxygen atoms in total. The standard InChI is InChI=1S/C15H23NO4S/c1-10(2)14(15(17)11(3)4)16-21(18,19)13-8-6-12(20-5)7-9-13/h6-11,14,16H,1-5H3/t14-/m0/s1. The molecule has 0 aromatic heterocycles. The molecule has 0 fully saturated rings. The molecule has 118 valence electrons. The average molecular weight is 313 g/mol. The molecule has 0 aliphatic rings. The number of hydrogen-bond donors (Lipinski definition) is 1. The highest BCUT2D eigenvalue weighted by molar-refractivity contribution is 7.89. The summed E-state index contributed by atoms with van der Waals surface area (Å²) < 4.78 is 32.3. The first kappa shape index (κ1) is 17.7. The highest BCUT2D eigenvalue weighted by atomic mass is 32.2. The zero-order valence-electron chi connectivity index (χ0n) is 13.1. The molecule has 6 heteroatoms. The van der Waals surface area contributed by atoms with Crippen molar-refractivity contribution in [3.63, 3.8) is 0 Å². The van der Waals surface area contributed by atoms with Crippen molar-refractivity contribution in [2.45, 2.75) is 38.6 Å². The SMILES string of the molecule is COc1ccc(S(=O)(=O)N[C@H](C(=O)C(C)C)C(C)C)cc1. The van der Waals surface area contributed by atoms with E-state index in [0.29, 0.717) is 5.75 Å². The van der Waals surface area contributed by atoms with Gasteiger partial charge in [-0.2, -0.15) is 0 Å². The van der Waals surface area contributed by atoms with Gasteiger partial charge in [0.15, 0.2) is 5.78 Å². The minimum absolute atomic E-state index is 0.109. The maximum atomic E-state index is 12.4. The van der Waals surface area contributed by atoms with E-state index >= 15 is 0 Å². The number of ether oxygens (including phenoxy) is 1. The van der Waals surface area contributed by atoms with Crippen molar-refractivity contribution in [2.24, 2.45) is 11.8 Å². The van der Waals surface area contributed by atoms with Crippen LogP contribution in [-0.4, -0.2) is 27.4 Å². The number of sulfonamides is 1. The zero-order valence-corrected chi connectivity index (χ0v) is 13.9. The topological polar surface area (TPSA) is 72.5 Å². The second-order valence-electron chi connectivity index (χ2n) is 5.58. The molecule has 1 rings (SSSR count). The van der Waals surface area contributed by atoms with E-state index in [0.717, 1.165) is 0 Å². The molecule has 0 aliphatic carbocycles. The number of benzene rings is 1. The number of ketones is 1. The molecule has 0 spiro atoms. The van der Waals surface area contributed by atoms with E-state index in [2.05, 4.69) is 4.72 Å². The quantitative estimate of drug-likeness (QED) is 0.838. The van der Waals surface area contributed by atoms with Gasteiger partial charge in [-0.05, 0) is 30.2 Å². The summed E-state index contributed by atoms with van der Waals surface area (Å²) in [4.78, 5) is 12.3. The molecule has 0 radical (unpaired) electrons. The lowest BCUT2D eigenvalue weighted by atomic mass is 9.94. The summed E-state index contributed by atoms with van der Waals surface area (Å²) in [6.07, 6.45) is 0. The first-order chi connectivity index (χ1) is 9.69. The average Bonchev–Trinajstić information content (AvgIpc) is 2.43. The van der Waals surface area contributed by atoms with Gasteiger partial charge >= 0.3 is 0 Å². The van der Waals surface area contributed by atoms with Crippen LogP contribution in [0.25, 0.3) is 0 Å². The van der Waals surface area contributed by atoms with E-state index in [-0.39, 0.29) is 22.5 Å². The fourth-order valence-electron chi connectivity index (χ4n) is 1.87. The lowest BCUT2D eigenvalue weighted by Crippen LogP contribution is -2.45. The summed E-state index contributed by atoms with van der Waals surface area (Å²) in [7, 11) is -2.22. The molecular weight excluding hydrogens is 290 g/mol. The lowest BCUT2D eigenvalue weighted by Gasteiger charge is -2.22. The van der Waals surface area contributed by atoms with Gasteiger partial charge in [-0.15, -0.1) is 0 Å². The fraction of sp³-hybridized carbons (Fsp3) is 0.533. The van der Waals surface area contributed by atoms with Crippen molar-refractivity contribution in [3.05, 3.63) is 24.3 Å². The van der Waals surface area contributed by atoms with Gasteiger partial charge in [-0.3, -0.25) is 4.79 Å². The van der Waals surface area contributed by atoms with Gasteiger partial charge in [-0.25, -0.2) is 13.1 Å². The van der Waals surface area contributed by atoms with E-state index in [1.807, 2.05) is 13.8 Å². The van der Waals surface area contributed by atoms with E-state index in [9.17, 15) is 13.2 Å². The van der Waals surface area contributed by atoms with E-state index in [1.54, 1.807) is 26.0 Å². The van der Waals surface area contributed by atoms with Crippen molar-refractivity contribution in [1.29, 1.82) is 0 Å². The van der Waals surface area contributed by atoms with Crippen LogP contribution in [0.4, 0.5) is 0 Å². The van der Waals surface area contributed by atoms with E-state index in [1.165, 1.54) is 19.2 Å². The Morgan fingerprint density at radius 1 is 1.10 bits per heavy atom. The molecular formula is C15H23NO4S. The second-order valence-corrected chi connectivity index (χ2v) is 7.29. The Morgan fingerprint density at radius 2 is 1.62 bits per heavy atom. The smallest absolute Gasteiger partial charge is 0.241 e. The van der Waals surface area contributed by atoms with Crippen molar-refractivity contribution in [3.8, 4) is 5.75 Å². The monoisotopic (exact) mass is 313 g/mol. The third kappa shape index (κ3) is 4.54. The first-order valence-corrected chi connectivity index (χ1v) is 8.37. The van der Waals surface area contributed by atoms with Crippen LogP contribution in [0.3, 0.4) is 0 Å². The number of nitrogens with one attached hydrogen (secondary N) is 1. The molecule has 0 bridgehead atoms. The van der Waals surface area contributed by atoms with Crippen LogP contribution in [0.2, 0.25) is 0 Å². The summed E-state index contributed by atoms with van der Waals surface area (Å²) in [5.74, 6) is 0.124. The molecule has 21 heavy (non-hydrogen) atoms. The molecule has 0 aliphatic heterocycles. The van der Waals surface area contributed by atoms with Crippen LogP contribution in [0, 0.1) is 11.8 Å². The Morgan fingerprint density at radius 3 is 2.00 bits per heavy atom. The van der Waals surface area contributed by atoms with Gasteiger partial charge in [0, 0.05) is 5.92 Å². The maximum absolute atomic E-state index is 12.4. The van der Waals surface area contributed by atoms with Crippen molar-refractivity contribution >= 4 is 15.8 Å². The number of rotatable bonds is 7. The zero-order chi connectivity index (χ0) is 16.2. The molecule has 1 aromatic rings. The molecule has 0 saturated heterocycles. The van der Waals surface area contributed by atoms with E-state index < -0.39 is 16.1 Å². The molecule has 0 unspecified atom stereocenters. The first-order valence-electron chi connectivity index (χ1n) is 6.89. The van der Waals surface area contributed by atoms with Crippen LogP contribution < -0.4 is 9.46 Å². The Hall–Kier alpha value is -1.40. The number of carbonyl (C=O) groups is 1. The highest BCUT2D eigenvalue weighted by Gasteiger charge is 2.29. The third-order valence-corrected chi connectivity index (χ3v) is 4.65. The van der Waals surface area contributed by atoms with Gasteiger partial charge in [0.25, 0.3) is 0 Å². The number of methoxy groups -OCH3 is 1. The third-order valence-electron chi connectivity index (χ3n) is 3.19. The molecule has 1 aromatic carbocycles. The normalized spacial score (nSPS) is 13.5. The van der Waals surface area contributed by atoms with Crippen molar-refractivity contribution in [2.75, 3.05) is 7.11 Å². The minimum atomic E-state index is -3.73. The molecule has 1 atom stereocenters. The minimum Gasteiger partial charge on any atom is -0.497 e. The fourth-order valence-corrected chi connectivity index (χ4v) is 3.22. The van der Waals surface area contributed by atoms with Crippen LogP contribution in [0.5, 0.6) is 5.75 Å². The summed E-state index contributed by atoms with van der Waals surface area (Å²) in [6.45, 7) is 7.17. The van der Waals surface area contributed by atoms with Crippen LogP contribution in [0.15, 0.2) is 29.2 Å². The van der Waals surface area contributed by atoms with Crippen molar-refractivity contribution in [1.82, 2.24) is 4.72 Å². The Labute approximate surface area is 126 Å². The van der Waals surface area contributed by atoms with Gasteiger partial charge in [0.05, 0.1) is 18.0 Å². The van der Waals surface area contributed by atoms with Gasteiger partial charge in [-0.1, -0.05) is 27.7 Å². The molecule has 0 saturated carbocycles. The highest BCUT2D eigenvalue weighted by Crippen LogP contribution is 2.18. The molecule has 0 heterocycles. The number of hydrogen-bond acceptors (Lipinski definition) is 4. The predicted molar refractivity (Wildman–Crippen MR) is 81.8 cm³/mol. The van der Waals surface area contributed by atoms with Gasteiger partial charge in [0.1, 0.15) is 5.75 Å². The Bertz CT molecular complexity index is 576. The number of carbonyl (C=O) groups excluding carboxylic acids is 1. The van der Waals surface area contributed by atoms with Crippen LogP contribution in [-0.2, 0) is 14.8 Å². The summed E-state index contributed by atoms with van der Waals surface area (Å²) in [5.41, 5.74) is 0. The molecule has 0 amide bonds. The summed E-state index contributed by atoms with van der Waals surface area (Å²) in [6, 6.07) is 5.33. The Balaban J connectivity index is 3.03. The Kier molecular flexibility index (Phi) is 5.92. The van der Waals surface area contributed by atoms with Crippen molar-refractivity contribution < 1.29 is 17.9 Å². The second kappa shape index (κ2) is 7.04. The summed E-state index contributed by atoms with van der Waals surface area (Å²) >= 11 is 0. The maximum Gasteiger partial charge on any atom is 0.241 e.